The molecule has 0 spiro atoms. The van der Waals surface area contributed by atoms with Crippen LogP contribution in [0, 0.1) is 0 Å². The summed E-state index contributed by atoms with van der Waals surface area (Å²) in [7, 11) is 0. The molecule has 0 aliphatic carbocycles. The van der Waals surface area contributed by atoms with Crippen LogP contribution in [0.3, 0.4) is 0 Å². The van der Waals surface area contributed by atoms with Gasteiger partial charge >= 0.3 is 0 Å². The monoisotopic (exact) mass is 292 g/mol. The summed E-state index contributed by atoms with van der Waals surface area (Å²) in [5.41, 5.74) is 0. The molecular formula is C12H9ClN4OS. The number of fused-ring (bicyclic) bond motifs is 1. The van der Waals surface area contributed by atoms with Crippen molar-refractivity contribution in [3.8, 4) is 11.6 Å². The predicted molar refractivity (Wildman–Crippen MR) is 74.1 cm³/mol. The predicted octanol–water partition coefficient (Wildman–Crippen LogP) is 3.29. The van der Waals surface area contributed by atoms with E-state index in [0.717, 1.165) is 0 Å². The number of halogens is 1. The average Bonchev–Trinajstić information content (AvgIpc) is 2.88. The fourth-order valence-corrected chi connectivity index (χ4v) is 2.17. The van der Waals surface area contributed by atoms with Gasteiger partial charge in [0.2, 0.25) is 5.88 Å². The molecule has 7 heteroatoms. The molecule has 3 aromatic rings. The van der Waals surface area contributed by atoms with Crippen LogP contribution in [0.1, 0.15) is 0 Å². The number of aromatic nitrogens is 4. The van der Waals surface area contributed by atoms with E-state index in [2.05, 4.69) is 15.1 Å². The number of nitrogens with zero attached hydrogens (tertiary/aromatic N) is 4. The topological polar surface area (TPSA) is 52.3 Å². The third-order valence-electron chi connectivity index (χ3n) is 2.47. The Morgan fingerprint density at radius 1 is 1.26 bits per heavy atom. The minimum absolute atomic E-state index is 0.316. The van der Waals surface area contributed by atoms with Crippen LogP contribution in [0.2, 0.25) is 5.15 Å². The lowest BCUT2D eigenvalue weighted by molar-refractivity contribution is 0.445. The van der Waals surface area contributed by atoms with Gasteiger partial charge in [0, 0.05) is 11.0 Å². The van der Waals surface area contributed by atoms with Gasteiger partial charge in [-0.05, 0) is 30.5 Å². The largest absolute Gasteiger partial charge is 0.439 e. The van der Waals surface area contributed by atoms with Crippen LogP contribution in [-0.4, -0.2) is 25.8 Å². The van der Waals surface area contributed by atoms with Gasteiger partial charge in [0.25, 0.3) is 5.78 Å². The first kappa shape index (κ1) is 12.3. The van der Waals surface area contributed by atoms with E-state index in [-0.39, 0.29) is 0 Å². The molecule has 0 aliphatic heterocycles. The van der Waals surface area contributed by atoms with Crippen molar-refractivity contribution in [3.63, 3.8) is 0 Å². The summed E-state index contributed by atoms with van der Waals surface area (Å²) in [6.07, 6.45) is 3.43. The first-order chi connectivity index (χ1) is 9.26. The molecule has 0 unspecified atom stereocenters. The molecule has 0 radical (unpaired) electrons. The zero-order valence-corrected chi connectivity index (χ0v) is 11.5. The van der Waals surface area contributed by atoms with E-state index >= 15 is 0 Å². The number of thioether (sulfide) groups is 1. The summed E-state index contributed by atoms with van der Waals surface area (Å²) < 4.78 is 7.25. The second-order valence-corrected chi connectivity index (χ2v) is 4.93. The van der Waals surface area contributed by atoms with Gasteiger partial charge in [0.05, 0.1) is 0 Å². The number of hydrogen-bond donors (Lipinski definition) is 0. The van der Waals surface area contributed by atoms with Crippen LogP contribution in [0.5, 0.6) is 11.6 Å². The summed E-state index contributed by atoms with van der Waals surface area (Å²) in [6, 6.07) is 9.36. The van der Waals surface area contributed by atoms with Gasteiger partial charge in [0.15, 0.2) is 0 Å². The van der Waals surface area contributed by atoms with Gasteiger partial charge in [-0.3, -0.25) is 0 Å². The van der Waals surface area contributed by atoms with Crippen LogP contribution in [0.15, 0.2) is 41.6 Å². The van der Waals surface area contributed by atoms with E-state index in [9.17, 15) is 0 Å². The quantitative estimate of drug-likeness (QED) is 0.548. The molecule has 2 aromatic heterocycles. The second-order valence-electron chi connectivity index (χ2n) is 3.67. The normalized spacial score (nSPS) is 10.8. The Morgan fingerprint density at radius 3 is 2.79 bits per heavy atom. The minimum atomic E-state index is 0.316. The molecule has 1 aromatic carbocycles. The maximum Gasteiger partial charge on any atom is 0.256 e. The summed E-state index contributed by atoms with van der Waals surface area (Å²) in [6.45, 7) is 0. The summed E-state index contributed by atoms with van der Waals surface area (Å²) in [4.78, 5) is 9.19. The zero-order chi connectivity index (χ0) is 13.2. The molecule has 0 amide bonds. The fourth-order valence-electron chi connectivity index (χ4n) is 1.60. The number of ether oxygens (including phenoxy) is 1. The lowest BCUT2D eigenvalue weighted by Crippen LogP contribution is -1.97. The smallest absolute Gasteiger partial charge is 0.256 e. The highest BCUT2D eigenvalue weighted by Crippen LogP contribution is 2.25. The molecule has 0 fully saturated rings. The molecule has 19 heavy (non-hydrogen) atoms. The number of benzene rings is 1. The Morgan fingerprint density at radius 2 is 2.05 bits per heavy atom. The molecule has 0 atom stereocenters. The van der Waals surface area contributed by atoms with Gasteiger partial charge in [-0.15, -0.1) is 11.8 Å². The van der Waals surface area contributed by atoms with Crippen molar-refractivity contribution in [2.24, 2.45) is 0 Å². The Kier molecular flexibility index (Phi) is 3.27. The fraction of sp³-hybridized carbons (Fsp3) is 0.0833. The molecule has 0 saturated heterocycles. The molecule has 5 nitrogen and oxygen atoms in total. The van der Waals surface area contributed by atoms with Crippen LogP contribution in [0.25, 0.3) is 5.78 Å². The first-order valence-electron chi connectivity index (χ1n) is 5.44. The van der Waals surface area contributed by atoms with Crippen molar-refractivity contribution >= 4 is 29.1 Å². The third kappa shape index (κ3) is 2.50. The Labute approximate surface area is 118 Å². The van der Waals surface area contributed by atoms with Gasteiger partial charge in [-0.2, -0.15) is 19.6 Å². The number of rotatable bonds is 3. The van der Waals surface area contributed by atoms with E-state index in [0.29, 0.717) is 22.6 Å². The van der Waals surface area contributed by atoms with E-state index in [4.69, 9.17) is 16.3 Å². The maximum absolute atomic E-state index is 5.92. The SMILES string of the molecule is CSc1ccc(Oc2cc(Cl)nc3ncnn23)cc1. The van der Waals surface area contributed by atoms with Gasteiger partial charge in [-0.1, -0.05) is 11.6 Å². The van der Waals surface area contributed by atoms with Crippen LogP contribution in [-0.2, 0) is 0 Å². The third-order valence-corrected chi connectivity index (χ3v) is 3.41. The highest BCUT2D eigenvalue weighted by molar-refractivity contribution is 7.98. The minimum Gasteiger partial charge on any atom is -0.439 e. The van der Waals surface area contributed by atoms with Crippen molar-refractivity contribution in [2.45, 2.75) is 4.90 Å². The number of hydrogen-bond acceptors (Lipinski definition) is 5. The summed E-state index contributed by atoms with van der Waals surface area (Å²) >= 11 is 7.60. The second kappa shape index (κ2) is 5.07. The summed E-state index contributed by atoms with van der Waals surface area (Å²) in [5, 5.41) is 4.36. The van der Waals surface area contributed by atoms with Crippen molar-refractivity contribution < 1.29 is 4.74 Å². The first-order valence-corrected chi connectivity index (χ1v) is 7.05. The van der Waals surface area contributed by atoms with E-state index < -0.39 is 0 Å². The Hall–Kier alpha value is -1.79. The molecule has 3 rings (SSSR count). The standard InChI is InChI=1S/C12H9ClN4OS/c1-19-9-4-2-8(3-5-9)18-11-6-10(13)16-12-14-7-15-17(11)12/h2-7H,1H3. The summed E-state index contributed by atoms with van der Waals surface area (Å²) in [5.74, 6) is 1.59. The van der Waals surface area contributed by atoms with Crippen molar-refractivity contribution in [2.75, 3.05) is 6.26 Å². The van der Waals surface area contributed by atoms with Gasteiger partial charge < -0.3 is 4.74 Å². The van der Waals surface area contributed by atoms with E-state index in [1.54, 1.807) is 17.8 Å². The average molecular weight is 293 g/mol. The zero-order valence-electron chi connectivity index (χ0n) is 9.95. The van der Waals surface area contributed by atoms with Crippen LogP contribution < -0.4 is 4.74 Å². The van der Waals surface area contributed by atoms with Gasteiger partial charge in [-0.25, -0.2) is 0 Å². The Balaban J connectivity index is 1.97. The van der Waals surface area contributed by atoms with E-state index in [1.807, 2.05) is 30.5 Å². The van der Waals surface area contributed by atoms with Crippen LogP contribution in [0.4, 0.5) is 0 Å². The maximum atomic E-state index is 5.92. The van der Waals surface area contributed by atoms with Crippen molar-refractivity contribution in [1.29, 1.82) is 0 Å². The Bertz CT molecular complexity index is 713. The molecule has 0 aliphatic rings. The van der Waals surface area contributed by atoms with Crippen LogP contribution >= 0.6 is 23.4 Å². The van der Waals surface area contributed by atoms with E-state index in [1.165, 1.54) is 15.7 Å². The molecule has 96 valence electrons. The molecular weight excluding hydrogens is 284 g/mol. The van der Waals surface area contributed by atoms with Crippen molar-refractivity contribution in [1.82, 2.24) is 19.6 Å². The van der Waals surface area contributed by atoms with Crippen molar-refractivity contribution in [3.05, 3.63) is 41.8 Å². The molecule has 0 bridgehead atoms. The molecule has 0 N–H and O–H groups in total. The lowest BCUT2D eigenvalue weighted by atomic mass is 10.3. The molecule has 2 heterocycles. The lowest BCUT2D eigenvalue weighted by Gasteiger charge is -2.07. The van der Waals surface area contributed by atoms with Gasteiger partial charge in [0.1, 0.15) is 17.2 Å². The molecule has 0 saturated carbocycles. The highest BCUT2D eigenvalue weighted by atomic mass is 35.5. The highest BCUT2D eigenvalue weighted by Gasteiger charge is 2.08.